The van der Waals surface area contributed by atoms with Gasteiger partial charge in [0.05, 0.1) is 15.7 Å². The van der Waals surface area contributed by atoms with Gasteiger partial charge in [0.1, 0.15) is 0 Å². The van der Waals surface area contributed by atoms with Gasteiger partial charge in [-0.1, -0.05) is 15.9 Å². The maximum Gasteiger partial charge on any atom is 0.389 e. The van der Waals surface area contributed by atoms with E-state index in [1.54, 1.807) is 18.2 Å². The molecule has 0 radical (unpaired) electrons. The van der Waals surface area contributed by atoms with Crippen LogP contribution in [0.25, 0.3) is 0 Å². The lowest BCUT2D eigenvalue weighted by Crippen LogP contribution is -2.10. The predicted octanol–water partition coefficient (Wildman–Crippen LogP) is 3.48. The van der Waals surface area contributed by atoms with Crippen molar-refractivity contribution in [3.05, 3.63) is 22.7 Å². The van der Waals surface area contributed by atoms with Crippen LogP contribution in [-0.2, 0) is 10.8 Å². The van der Waals surface area contributed by atoms with Crippen molar-refractivity contribution in [2.75, 3.05) is 11.5 Å². The van der Waals surface area contributed by atoms with E-state index in [1.165, 1.54) is 0 Å². The van der Waals surface area contributed by atoms with E-state index in [9.17, 15) is 17.4 Å². The topological polar surface area (TPSA) is 43.1 Å². The van der Waals surface area contributed by atoms with Crippen molar-refractivity contribution in [3.63, 3.8) is 0 Å². The number of alkyl halides is 3. The smallest absolute Gasteiger partial charge is 0.389 e. The molecule has 0 aliphatic carbocycles. The first-order valence-corrected chi connectivity index (χ1v) is 6.91. The molecule has 0 heterocycles. The van der Waals surface area contributed by atoms with E-state index in [0.29, 0.717) is 10.6 Å². The van der Waals surface area contributed by atoms with Crippen LogP contribution in [-0.4, -0.2) is 16.1 Å². The third-order valence-electron chi connectivity index (χ3n) is 2.01. The largest absolute Gasteiger partial charge is 0.398 e. The normalized spacial score (nSPS) is 13.6. The second-order valence-electron chi connectivity index (χ2n) is 3.45. The second-order valence-corrected chi connectivity index (χ2v) is 5.91. The highest BCUT2D eigenvalue weighted by molar-refractivity contribution is 9.10. The molecule has 0 bridgehead atoms. The van der Waals surface area contributed by atoms with Crippen LogP contribution in [0.5, 0.6) is 0 Å². The summed E-state index contributed by atoms with van der Waals surface area (Å²) in [4.78, 5) is 0.385. The predicted molar refractivity (Wildman–Crippen MR) is 65.1 cm³/mol. The molecular weight excluding hydrogens is 319 g/mol. The van der Waals surface area contributed by atoms with Crippen molar-refractivity contribution in [2.24, 2.45) is 0 Å². The van der Waals surface area contributed by atoms with E-state index < -0.39 is 23.4 Å². The first-order valence-electron chi connectivity index (χ1n) is 4.80. The van der Waals surface area contributed by atoms with E-state index >= 15 is 0 Å². The summed E-state index contributed by atoms with van der Waals surface area (Å²) in [6, 6.07) is 4.80. The molecule has 2 nitrogen and oxygen atoms in total. The molecule has 0 saturated carbocycles. The summed E-state index contributed by atoms with van der Waals surface area (Å²) >= 11 is 3.20. The first kappa shape index (κ1) is 14.5. The van der Waals surface area contributed by atoms with Crippen LogP contribution in [0.15, 0.2) is 27.6 Å². The highest BCUT2D eigenvalue weighted by Gasteiger charge is 2.26. The molecule has 0 saturated heterocycles. The third-order valence-corrected chi connectivity index (χ3v) is 4.02. The number of benzene rings is 1. The van der Waals surface area contributed by atoms with Crippen LogP contribution in [0.4, 0.5) is 18.9 Å². The van der Waals surface area contributed by atoms with E-state index in [4.69, 9.17) is 5.73 Å². The van der Waals surface area contributed by atoms with Gasteiger partial charge in [-0.15, -0.1) is 0 Å². The fraction of sp³-hybridized carbons (Fsp3) is 0.400. The summed E-state index contributed by atoms with van der Waals surface area (Å²) in [5, 5.41) is 0. The van der Waals surface area contributed by atoms with Crippen LogP contribution in [0.2, 0.25) is 0 Å². The average molecular weight is 330 g/mol. The SMILES string of the molecule is Nc1cc(Br)ccc1S(=O)CCCC(F)(F)F. The molecule has 0 aromatic heterocycles. The Balaban J connectivity index is 2.59. The van der Waals surface area contributed by atoms with Crippen LogP contribution in [0, 0.1) is 0 Å². The van der Waals surface area contributed by atoms with Crippen molar-refractivity contribution < 1.29 is 17.4 Å². The lowest BCUT2D eigenvalue weighted by molar-refractivity contribution is -0.134. The summed E-state index contributed by atoms with van der Waals surface area (Å²) in [6.07, 6.45) is -5.28. The monoisotopic (exact) mass is 329 g/mol. The Morgan fingerprint density at radius 2 is 2.00 bits per heavy atom. The molecule has 2 N–H and O–H groups in total. The number of hydrogen-bond donors (Lipinski definition) is 1. The van der Waals surface area contributed by atoms with E-state index in [1.807, 2.05) is 0 Å². The van der Waals surface area contributed by atoms with Gasteiger partial charge in [0.25, 0.3) is 0 Å². The molecule has 0 aliphatic heterocycles. The Kier molecular flexibility index (Phi) is 5.00. The van der Waals surface area contributed by atoms with E-state index in [-0.39, 0.29) is 12.2 Å². The number of nitrogen functional groups attached to an aromatic ring is 1. The molecule has 0 fully saturated rings. The molecule has 1 unspecified atom stereocenters. The molecule has 1 aromatic carbocycles. The Labute approximate surface area is 108 Å². The van der Waals surface area contributed by atoms with Gasteiger partial charge < -0.3 is 5.73 Å². The average Bonchev–Trinajstić information content (AvgIpc) is 2.15. The van der Waals surface area contributed by atoms with Gasteiger partial charge >= 0.3 is 6.18 Å². The second kappa shape index (κ2) is 5.86. The van der Waals surface area contributed by atoms with Crippen LogP contribution in [0.3, 0.4) is 0 Å². The minimum Gasteiger partial charge on any atom is -0.398 e. The van der Waals surface area contributed by atoms with Gasteiger partial charge in [-0.25, -0.2) is 0 Å². The highest BCUT2D eigenvalue weighted by atomic mass is 79.9. The molecule has 1 rings (SSSR count). The van der Waals surface area contributed by atoms with Crippen LogP contribution in [0.1, 0.15) is 12.8 Å². The Morgan fingerprint density at radius 3 is 2.53 bits per heavy atom. The first-order chi connectivity index (χ1) is 7.79. The Morgan fingerprint density at radius 1 is 1.35 bits per heavy atom. The quantitative estimate of drug-likeness (QED) is 0.859. The number of hydrogen-bond acceptors (Lipinski definition) is 2. The highest BCUT2D eigenvalue weighted by Crippen LogP contribution is 2.24. The number of rotatable bonds is 4. The number of anilines is 1. The van der Waals surface area contributed by atoms with Crippen molar-refractivity contribution in [2.45, 2.75) is 23.9 Å². The maximum absolute atomic E-state index is 11.9. The molecule has 0 spiro atoms. The van der Waals surface area contributed by atoms with Crippen molar-refractivity contribution >= 4 is 32.4 Å². The number of nitrogens with two attached hydrogens (primary N) is 1. The van der Waals surface area contributed by atoms with Crippen LogP contribution < -0.4 is 5.73 Å². The maximum atomic E-state index is 11.9. The Hall–Kier alpha value is -0.560. The lowest BCUT2D eigenvalue weighted by atomic mass is 10.3. The molecule has 96 valence electrons. The van der Waals surface area contributed by atoms with E-state index in [0.717, 1.165) is 4.47 Å². The molecule has 7 heteroatoms. The zero-order valence-corrected chi connectivity index (χ0v) is 11.2. The van der Waals surface area contributed by atoms with Crippen molar-refractivity contribution in [3.8, 4) is 0 Å². The van der Waals surface area contributed by atoms with E-state index in [2.05, 4.69) is 15.9 Å². The van der Waals surface area contributed by atoms with Crippen LogP contribution >= 0.6 is 15.9 Å². The summed E-state index contributed by atoms with van der Waals surface area (Å²) < 4.78 is 48.2. The molecule has 1 aromatic rings. The molecule has 1 atom stereocenters. The van der Waals surface area contributed by atoms with Crippen molar-refractivity contribution in [1.82, 2.24) is 0 Å². The van der Waals surface area contributed by atoms with Gasteiger partial charge in [0, 0.05) is 22.3 Å². The number of halogens is 4. The van der Waals surface area contributed by atoms with Gasteiger partial charge in [-0.2, -0.15) is 13.2 Å². The minimum atomic E-state index is -4.20. The van der Waals surface area contributed by atoms with Gasteiger partial charge in [-0.3, -0.25) is 4.21 Å². The summed E-state index contributed by atoms with van der Waals surface area (Å²) in [5.41, 5.74) is 5.96. The Bertz CT molecular complexity index is 423. The fourth-order valence-electron chi connectivity index (χ4n) is 1.24. The fourth-order valence-corrected chi connectivity index (χ4v) is 2.79. The molecule has 17 heavy (non-hydrogen) atoms. The molecule has 0 aliphatic rings. The minimum absolute atomic E-state index is 0.0364. The standard InChI is InChI=1S/C10H11BrF3NOS/c11-7-2-3-9(8(15)6-7)17(16)5-1-4-10(12,13)14/h2-3,6H,1,4-5,15H2. The lowest BCUT2D eigenvalue weighted by Gasteiger charge is -2.08. The van der Waals surface area contributed by atoms with Gasteiger partial charge in [-0.05, 0) is 24.6 Å². The van der Waals surface area contributed by atoms with Gasteiger partial charge in [0.2, 0.25) is 0 Å². The zero-order chi connectivity index (χ0) is 13.1. The van der Waals surface area contributed by atoms with Gasteiger partial charge in [0.15, 0.2) is 0 Å². The van der Waals surface area contributed by atoms with Crippen molar-refractivity contribution in [1.29, 1.82) is 0 Å². The summed E-state index contributed by atoms with van der Waals surface area (Å²) in [6.45, 7) is 0. The summed E-state index contributed by atoms with van der Waals surface area (Å²) in [5.74, 6) is -0.0364. The third kappa shape index (κ3) is 5.08. The molecule has 0 amide bonds. The summed E-state index contributed by atoms with van der Waals surface area (Å²) in [7, 11) is -1.48. The molecular formula is C10H11BrF3NOS. The zero-order valence-electron chi connectivity index (χ0n) is 8.76.